The average Bonchev–Trinajstić information content (AvgIpc) is 3.20. The van der Waals surface area contributed by atoms with Gasteiger partial charge in [-0.15, -0.1) is 0 Å². The Bertz CT molecular complexity index is 1160. The van der Waals surface area contributed by atoms with Gasteiger partial charge in [-0.2, -0.15) is 0 Å². The van der Waals surface area contributed by atoms with Crippen LogP contribution in [-0.4, -0.2) is 70.0 Å². The number of esters is 2. The molecule has 0 aromatic rings. The van der Waals surface area contributed by atoms with Crippen molar-refractivity contribution < 1.29 is 42.1 Å². The Balaban J connectivity index is 4.36. The molecule has 10 heteroatoms. The lowest BCUT2D eigenvalue weighted by molar-refractivity contribution is -0.870. The first-order chi connectivity index (χ1) is 29.0. The second-order valence-electron chi connectivity index (χ2n) is 17.5. The van der Waals surface area contributed by atoms with E-state index in [0.29, 0.717) is 23.9 Å². The molecule has 0 aliphatic carbocycles. The zero-order chi connectivity index (χ0) is 44.3. The van der Waals surface area contributed by atoms with E-state index >= 15 is 0 Å². The molecule has 350 valence electrons. The molecule has 2 atom stereocenters. The van der Waals surface area contributed by atoms with Crippen LogP contribution in [0.2, 0.25) is 0 Å². The topological polar surface area (TPSA) is 111 Å². The first-order valence-corrected chi connectivity index (χ1v) is 25.8. The quantitative estimate of drug-likeness (QED) is 0.0196. The van der Waals surface area contributed by atoms with Crippen molar-refractivity contribution in [2.75, 3.05) is 47.5 Å². The van der Waals surface area contributed by atoms with Crippen molar-refractivity contribution in [2.45, 2.75) is 213 Å². The number of rotatable bonds is 44. The lowest BCUT2D eigenvalue weighted by atomic mass is 10.0. The highest BCUT2D eigenvalue weighted by Crippen LogP contribution is 2.38. The summed E-state index contributed by atoms with van der Waals surface area (Å²) in [4.78, 5) is 37.6. The Hall–Kier alpha value is -2.03. The maximum atomic E-state index is 12.7. The molecular formula is C50H92NO8P. The zero-order valence-corrected chi connectivity index (χ0v) is 40.3. The summed E-state index contributed by atoms with van der Waals surface area (Å²) in [5.41, 5.74) is 0. The lowest BCUT2D eigenvalue weighted by Gasteiger charge is -2.28. The second kappa shape index (κ2) is 42.3. The van der Waals surface area contributed by atoms with Crippen molar-refractivity contribution in [3.05, 3.63) is 48.6 Å². The van der Waals surface area contributed by atoms with Crippen molar-refractivity contribution in [2.24, 2.45) is 0 Å². The summed E-state index contributed by atoms with van der Waals surface area (Å²) in [5.74, 6) is -0.894. The minimum Gasteiger partial charge on any atom is -0.756 e. The Labute approximate surface area is 369 Å². The molecule has 0 spiro atoms. The fraction of sp³-hybridized carbons (Fsp3) is 0.800. The van der Waals surface area contributed by atoms with Crippen LogP contribution in [0.4, 0.5) is 0 Å². The van der Waals surface area contributed by atoms with E-state index in [2.05, 4.69) is 62.5 Å². The summed E-state index contributed by atoms with van der Waals surface area (Å²) in [6, 6.07) is 0. The molecule has 0 amide bonds. The number of allylic oxidation sites excluding steroid dienone is 8. The molecule has 9 nitrogen and oxygen atoms in total. The average molecular weight is 866 g/mol. The van der Waals surface area contributed by atoms with Gasteiger partial charge in [0.2, 0.25) is 0 Å². The smallest absolute Gasteiger partial charge is 0.306 e. The Morgan fingerprint density at radius 2 is 0.917 bits per heavy atom. The van der Waals surface area contributed by atoms with E-state index in [-0.39, 0.29) is 26.1 Å². The van der Waals surface area contributed by atoms with Crippen LogP contribution in [-0.2, 0) is 32.7 Å². The number of phosphoric ester groups is 1. The summed E-state index contributed by atoms with van der Waals surface area (Å²) in [5, 5.41) is 0. The number of hydrogen-bond donors (Lipinski definition) is 0. The molecule has 0 fully saturated rings. The van der Waals surface area contributed by atoms with Crippen LogP contribution in [0.5, 0.6) is 0 Å². The van der Waals surface area contributed by atoms with Crippen LogP contribution < -0.4 is 4.89 Å². The monoisotopic (exact) mass is 866 g/mol. The third-order valence-electron chi connectivity index (χ3n) is 10.4. The molecule has 60 heavy (non-hydrogen) atoms. The zero-order valence-electron chi connectivity index (χ0n) is 39.4. The Morgan fingerprint density at radius 3 is 1.38 bits per heavy atom. The van der Waals surface area contributed by atoms with Gasteiger partial charge in [0.1, 0.15) is 19.8 Å². The van der Waals surface area contributed by atoms with Crippen molar-refractivity contribution >= 4 is 19.8 Å². The van der Waals surface area contributed by atoms with Gasteiger partial charge in [-0.05, 0) is 51.4 Å². The SMILES string of the molecule is CCCCC/C=C\C/C=C\C/C=C\C/C=C\CCCC(=O)OC[C@H](COP(=O)([O-])OCC[N+](C)(C)C)OC(=O)CCCCCCCCCCCCCCCCCCCCC. The second-order valence-corrected chi connectivity index (χ2v) is 18.9. The fourth-order valence-corrected chi connectivity index (χ4v) is 7.26. The molecular weight excluding hydrogens is 774 g/mol. The van der Waals surface area contributed by atoms with Gasteiger partial charge in [0.05, 0.1) is 27.7 Å². The minimum atomic E-state index is -4.64. The number of carbonyl (C=O) groups excluding carboxylic acids is 2. The van der Waals surface area contributed by atoms with Crippen molar-refractivity contribution in [1.29, 1.82) is 0 Å². The van der Waals surface area contributed by atoms with Gasteiger partial charge >= 0.3 is 11.9 Å². The van der Waals surface area contributed by atoms with Crippen LogP contribution in [0.25, 0.3) is 0 Å². The standard InChI is InChI=1S/C50H92NO8P/c1-6-8-10-12-14-16-18-20-22-24-25-27-29-31-33-35-37-39-41-43-50(53)59-48(47-58-60(54,55)57-45-44-51(3,4)5)46-56-49(52)42-40-38-36-34-32-30-28-26-23-21-19-17-15-13-11-9-7-2/h15,17,21,23,28,30,34,36,48H,6-14,16,18-20,22,24-27,29,31-33,35,37-47H2,1-5H3/b17-15-,23-21-,30-28-,36-34-/t48-/m1/s1. The van der Waals surface area contributed by atoms with Gasteiger partial charge < -0.3 is 27.9 Å². The van der Waals surface area contributed by atoms with Gasteiger partial charge in [0.15, 0.2) is 6.10 Å². The van der Waals surface area contributed by atoms with Crippen LogP contribution in [0.15, 0.2) is 48.6 Å². The maximum absolute atomic E-state index is 12.7. The molecule has 0 saturated carbocycles. The van der Waals surface area contributed by atoms with E-state index in [4.69, 9.17) is 18.5 Å². The van der Waals surface area contributed by atoms with Gasteiger partial charge in [0, 0.05) is 12.8 Å². The Kier molecular flexibility index (Phi) is 40.8. The van der Waals surface area contributed by atoms with Crippen molar-refractivity contribution in [3.8, 4) is 0 Å². The molecule has 0 aromatic heterocycles. The van der Waals surface area contributed by atoms with Gasteiger partial charge in [-0.3, -0.25) is 14.2 Å². The predicted molar refractivity (Wildman–Crippen MR) is 250 cm³/mol. The van der Waals surface area contributed by atoms with Crippen LogP contribution in [0.3, 0.4) is 0 Å². The van der Waals surface area contributed by atoms with E-state index in [0.717, 1.165) is 44.9 Å². The first-order valence-electron chi connectivity index (χ1n) is 24.3. The highest BCUT2D eigenvalue weighted by molar-refractivity contribution is 7.45. The molecule has 1 unspecified atom stereocenters. The van der Waals surface area contributed by atoms with E-state index in [1.54, 1.807) is 0 Å². The van der Waals surface area contributed by atoms with Crippen molar-refractivity contribution in [1.82, 2.24) is 0 Å². The molecule has 0 aromatic carbocycles. The van der Waals surface area contributed by atoms with Crippen LogP contribution >= 0.6 is 7.82 Å². The van der Waals surface area contributed by atoms with Gasteiger partial charge in [-0.1, -0.05) is 191 Å². The summed E-state index contributed by atoms with van der Waals surface area (Å²) in [6.07, 6.45) is 50.0. The molecule has 0 heterocycles. The summed E-state index contributed by atoms with van der Waals surface area (Å²) in [7, 11) is 1.14. The van der Waals surface area contributed by atoms with Gasteiger partial charge in [-0.25, -0.2) is 0 Å². The number of ether oxygens (including phenoxy) is 2. The minimum absolute atomic E-state index is 0.0391. The molecule has 0 N–H and O–H groups in total. The molecule has 0 aliphatic rings. The lowest BCUT2D eigenvalue weighted by Crippen LogP contribution is -2.37. The molecule has 0 saturated heterocycles. The van der Waals surface area contributed by atoms with E-state index in [9.17, 15) is 19.0 Å². The third-order valence-corrected chi connectivity index (χ3v) is 11.3. The highest BCUT2D eigenvalue weighted by Gasteiger charge is 2.21. The van der Waals surface area contributed by atoms with Crippen LogP contribution in [0, 0.1) is 0 Å². The molecule has 0 rings (SSSR count). The number of quaternary nitrogens is 1. The van der Waals surface area contributed by atoms with Crippen molar-refractivity contribution in [3.63, 3.8) is 0 Å². The largest absolute Gasteiger partial charge is 0.756 e. The number of unbranched alkanes of at least 4 members (excludes halogenated alkanes) is 22. The van der Waals surface area contributed by atoms with E-state index in [1.165, 1.54) is 122 Å². The fourth-order valence-electron chi connectivity index (χ4n) is 6.53. The summed E-state index contributed by atoms with van der Waals surface area (Å²) in [6.45, 7) is 4.16. The van der Waals surface area contributed by atoms with Crippen LogP contribution in [0.1, 0.15) is 206 Å². The summed E-state index contributed by atoms with van der Waals surface area (Å²) < 4.78 is 33.9. The highest BCUT2D eigenvalue weighted by atomic mass is 31.2. The predicted octanol–water partition coefficient (Wildman–Crippen LogP) is 13.6. The van der Waals surface area contributed by atoms with Gasteiger partial charge in [0.25, 0.3) is 7.82 Å². The first kappa shape index (κ1) is 58.0. The third kappa shape index (κ3) is 45.5. The normalized spacial score (nSPS) is 13.9. The number of likely N-dealkylation sites (N-methyl/N-ethyl adjacent to an activating group) is 1. The maximum Gasteiger partial charge on any atom is 0.306 e. The Morgan fingerprint density at radius 1 is 0.517 bits per heavy atom. The summed E-state index contributed by atoms with van der Waals surface area (Å²) >= 11 is 0. The molecule has 0 aliphatic heterocycles. The molecule has 0 radical (unpaired) electrons. The number of nitrogens with zero attached hydrogens (tertiary/aromatic N) is 1. The molecule has 0 bridgehead atoms. The number of carbonyl (C=O) groups is 2. The number of hydrogen-bond acceptors (Lipinski definition) is 8. The number of phosphoric acid groups is 1. The van der Waals surface area contributed by atoms with E-state index < -0.39 is 32.5 Å². The van der Waals surface area contributed by atoms with E-state index in [1.807, 2.05) is 21.1 Å².